The van der Waals surface area contributed by atoms with Crippen LogP contribution in [0.15, 0.2) is 60.4 Å². The fourth-order valence-corrected chi connectivity index (χ4v) is 4.80. The van der Waals surface area contributed by atoms with Gasteiger partial charge in [0, 0.05) is 31.5 Å². The summed E-state index contributed by atoms with van der Waals surface area (Å²) in [6.07, 6.45) is 1.92. The van der Waals surface area contributed by atoms with Gasteiger partial charge in [-0.15, -0.1) is 0 Å². The van der Waals surface area contributed by atoms with Crippen molar-refractivity contribution in [2.45, 2.75) is 65.2 Å². The topological polar surface area (TPSA) is 106 Å². The third kappa shape index (κ3) is 7.78. The van der Waals surface area contributed by atoms with Crippen LogP contribution in [0.5, 0.6) is 0 Å². The van der Waals surface area contributed by atoms with E-state index >= 15 is 0 Å². The third-order valence-electron chi connectivity index (χ3n) is 6.50. The fraction of sp³-hybridized carbons (Fsp3) is 0.400. The van der Waals surface area contributed by atoms with Crippen LogP contribution in [0.2, 0.25) is 0 Å². The first-order valence-corrected chi connectivity index (χ1v) is 12.9. The number of ketones is 1. The molecule has 1 unspecified atom stereocenters. The molecule has 0 aromatic heterocycles. The molecule has 8 heteroatoms. The van der Waals surface area contributed by atoms with E-state index in [4.69, 9.17) is 19.6 Å². The molecule has 0 spiro atoms. The second-order valence-electron chi connectivity index (χ2n) is 9.45. The summed E-state index contributed by atoms with van der Waals surface area (Å²) < 4.78 is 15.1. The van der Waals surface area contributed by atoms with Gasteiger partial charge in [0.15, 0.2) is 5.76 Å². The Balaban J connectivity index is 1.83. The monoisotopic (exact) mass is 520 g/mol. The Hall–Kier alpha value is -3.94. The van der Waals surface area contributed by atoms with Crippen molar-refractivity contribution in [2.75, 3.05) is 13.2 Å². The highest BCUT2D eigenvalue weighted by atomic mass is 16.8. The first-order chi connectivity index (χ1) is 18.2. The zero-order valence-electron chi connectivity index (χ0n) is 22.4. The van der Waals surface area contributed by atoms with Crippen LogP contribution in [0.25, 0.3) is 0 Å². The summed E-state index contributed by atoms with van der Waals surface area (Å²) in [4.78, 5) is 39.0. The third-order valence-corrected chi connectivity index (χ3v) is 6.50. The van der Waals surface area contributed by atoms with Gasteiger partial charge >= 0.3 is 6.16 Å². The second-order valence-corrected chi connectivity index (χ2v) is 9.45. The molecule has 0 aliphatic carbocycles. The number of carbonyl (C=O) groups is 3. The lowest BCUT2D eigenvalue weighted by molar-refractivity contribution is -0.129. The summed E-state index contributed by atoms with van der Waals surface area (Å²) in [5, 5.41) is 7.35. The summed E-state index contributed by atoms with van der Waals surface area (Å²) in [6.45, 7) is 7.84. The summed E-state index contributed by atoms with van der Waals surface area (Å²) in [6, 6.07) is 16.8. The molecule has 1 aliphatic rings. The van der Waals surface area contributed by atoms with Crippen LogP contribution in [-0.2, 0) is 23.8 Å². The van der Waals surface area contributed by atoms with Crippen LogP contribution in [0, 0.1) is 19.3 Å². The number of nitrogens with one attached hydrogen (secondary N) is 1. The number of rotatable bonds is 11. The second kappa shape index (κ2) is 13.6. The number of nitrogens with zero attached hydrogens (tertiary/aromatic N) is 1. The maximum Gasteiger partial charge on any atom is 0.511 e. The maximum absolute atomic E-state index is 13.4. The molecule has 2 aromatic carbocycles. The number of ether oxygens (including phenoxy) is 3. The highest BCUT2D eigenvalue weighted by Crippen LogP contribution is 2.35. The van der Waals surface area contributed by atoms with Gasteiger partial charge in [-0.25, -0.2) is 4.79 Å². The van der Waals surface area contributed by atoms with Crippen molar-refractivity contribution >= 4 is 24.1 Å². The SMILES string of the molecule is CCOC(=O)OC(C)O/C(=C\C(=O)N1CCC[C@@H]1CC(c1cccc(C)c1)c1cccc(C)c1)C(=O)C=N. The van der Waals surface area contributed by atoms with Crippen LogP contribution in [0.4, 0.5) is 4.79 Å². The van der Waals surface area contributed by atoms with E-state index in [2.05, 4.69) is 62.4 Å². The lowest BCUT2D eigenvalue weighted by atomic mass is 9.84. The van der Waals surface area contributed by atoms with Crippen LogP contribution in [-0.4, -0.2) is 54.4 Å². The lowest BCUT2D eigenvalue weighted by Crippen LogP contribution is -2.36. The molecule has 38 heavy (non-hydrogen) atoms. The van der Waals surface area contributed by atoms with Crippen molar-refractivity contribution in [3.63, 3.8) is 0 Å². The fourth-order valence-electron chi connectivity index (χ4n) is 4.80. The van der Waals surface area contributed by atoms with E-state index < -0.39 is 18.2 Å². The maximum atomic E-state index is 13.4. The number of allylic oxidation sites excluding steroid dienone is 1. The Bertz CT molecular complexity index is 1150. The number of carbonyl (C=O) groups excluding carboxylic acids is 3. The van der Waals surface area contributed by atoms with Crippen molar-refractivity contribution in [3.8, 4) is 0 Å². The molecular weight excluding hydrogens is 484 g/mol. The molecule has 0 radical (unpaired) electrons. The van der Waals surface area contributed by atoms with Gasteiger partial charge in [-0.1, -0.05) is 59.7 Å². The Kier molecular flexibility index (Phi) is 10.2. The van der Waals surface area contributed by atoms with E-state index in [1.807, 2.05) is 0 Å². The zero-order chi connectivity index (χ0) is 27.7. The van der Waals surface area contributed by atoms with Gasteiger partial charge in [0.2, 0.25) is 12.1 Å². The first-order valence-electron chi connectivity index (χ1n) is 12.9. The molecular formula is C30H36N2O6. The van der Waals surface area contributed by atoms with Crippen LogP contribution >= 0.6 is 0 Å². The minimum atomic E-state index is -1.18. The van der Waals surface area contributed by atoms with Gasteiger partial charge in [0.25, 0.3) is 5.91 Å². The van der Waals surface area contributed by atoms with E-state index in [0.29, 0.717) is 12.8 Å². The van der Waals surface area contributed by atoms with Crippen LogP contribution in [0.1, 0.15) is 61.3 Å². The van der Waals surface area contributed by atoms with Gasteiger partial charge in [-0.05, 0) is 51.2 Å². The number of Topliss-reactive ketones (excluding diaryl/α,β-unsaturated/α-hetero) is 1. The smallest absolute Gasteiger partial charge is 0.451 e. The summed E-state index contributed by atoms with van der Waals surface area (Å²) >= 11 is 0. The predicted molar refractivity (Wildman–Crippen MR) is 144 cm³/mol. The largest absolute Gasteiger partial charge is 0.511 e. The normalized spacial score (nSPS) is 16.2. The van der Waals surface area contributed by atoms with Crippen molar-refractivity contribution in [2.24, 2.45) is 0 Å². The number of hydrogen-bond donors (Lipinski definition) is 1. The van der Waals surface area contributed by atoms with Gasteiger partial charge in [0.05, 0.1) is 12.8 Å². The lowest BCUT2D eigenvalue weighted by Gasteiger charge is -2.29. The molecule has 0 saturated carbocycles. The van der Waals surface area contributed by atoms with Crippen molar-refractivity contribution in [1.29, 1.82) is 5.41 Å². The molecule has 1 amide bonds. The molecule has 202 valence electrons. The zero-order valence-corrected chi connectivity index (χ0v) is 22.4. The van der Waals surface area contributed by atoms with Gasteiger partial charge in [-0.2, -0.15) is 0 Å². The van der Waals surface area contributed by atoms with E-state index in [1.54, 1.807) is 11.8 Å². The number of benzene rings is 2. The van der Waals surface area contributed by atoms with E-state index in [-0.39, 0.29) is 30.2 Å². The summed E-state index contributed by atoms with van der Waals surface area (Å²) in [5.41, 5.74) is 4.74. The number of likely N-dealkylation sites (tertiary alicyclic amines) is 1. The molecule has 2 atom stereocenters. The minimum absolute atomic E-state index is 0.0469. The molecule has 0 bridgehead atoms. The Morgan fingerprint density at radius 1 is 1.05 bits per heavy atom. The molecule has 1 fully saturated rings. The summed E-state index contributed by atoms with van der Waals surface area (Å²) in [7, 11) is 0. The first kappa shape index (κ1) is 28.6. The van der Waals surface area contributed by atoms with Crippen molar-refractivity contribution in [3.05, 3.63) is 82.6 Å². The summed E-state index contributed by atoms with van der Waals surface area (Å²) in [5.74, 6) is -1.45. The molecule has 1 N–H and O–H groups in total. The van der Waals surface area contributed by atoms with Crippen LogP contribution < -0.4 is 0 Å². The molecule has 1 heterocycles. The Morgan fingerprint density at radius 3 is 2.24 bits per heavy atom. The van der Waals surface area contributed by atoms with Crippen molar-refractivity contribution in [1.82, 2.24) is 4.90 Å². The molecule has 8 nitrogen and oxygen atoms in total. The molecule has 2 aromatic rings. The standard InChI is InChI=1S/C30H36N2O6/c1-5-36-30(35)38-22(4)37-28(27(33)19-31)18-29(34)32-14-8-13-25(32)17-26(23-11-6-9-20(2)15-23)24-12-7-10-21(3)16-24/h6-7,9-12,15-16,18-19,22,25-26,31H,5,8,13-14,17H2,1-4H3/b28-18-,31-19?/t22?,25-/m1/s1. The minimum Gasteiger partial charge on any atom is -0.451 e. The molecule has 3 rings (SSSR count). The average molecular weight is 521 g/mol. The van der Waals surface area contributed by atoms with Gasteiger partial charge in [0.1, 0.15) is 0 Å². The number of aryl methyl sites for hydroxylation is 2. The van der Waals surface area contributed by atoms with Gasteiger partial charge < -0.3 is 24.5 Å². The quantitative estimate of drug-likeness (QED) is 0.139. The molecule has 1 saturated heterocycles. The van der Waals surface area contributed by atoms with Crippen molar-refractivity contribution < 1.29 is 28.6 Å². The van der Waals surface area contributed by atoms with Crippen LogP contribution in [0.3, 0.4) is 0 Å². The molecule has 1 aliphatic heterocycles. The number of hydrogen-bond acceptors (Lipinski definition) is 7. The highest BCUT2D eigenvalue weighted by molar-refractivity contribution is 6.34. The van der Waals surface area contributed by atoms with E-state index in [1.165, 1.54) is 29.2 Å². The average Bonchev–Trinajstić information content (AvgIpc) is 3.35. The predicted octanol–water partition coefficient (Wildman–Crippen LogP) is 5.45. The highest BCUT2D eigenvalue weighted by Gasteiger charge is 2.32. The Labute approximate surface area is 224 Å². The van der Waals surface area contributed by atoms with E-state index in [9.17, 15) is 14.4 Å². The Morgan fingerprint density at radius 2 is 1.68 bits per heavy atom. The van der Waals surface area contributed by atoms with Gasteiger partial charge in [-0.3, -0.25) is 9.59 Å². The van der Waals surface area contributed by atoms with E-state index in [0.717, 1.165) is 25.3 Å². The number of amides is 1.